The molecule has 4 heteroatoms. The second kappa shape index (κ2) is 9.10. The first kappa shape index (κ1) is 23.3. The third kappa shape index (κ3) is 10.9. The smallest absolute Gasteiger partial charge is 0.0643 e. The van der Waals surface area contributed by atoms with Crippen molar-refractivity contribution in [3.63, 3.8) is 0 Å². The Morgan fingerprint density at radius 1 is 1.04 bits per heavy atom. The van der Waals surface area contributed by atoms with Gasteiger partial charge in [0, 0.05) is 30.5 Å². The van der Waals surface area contributed by atoms with E-state index in [0.29, 0.717) is 11.3 Å². The molecule has 4 nitrogen and oxygen atoms in total. The van der Waals surface area contributed by atoms with E-state index in [-0.39, 0.29) is 11.0 Å². The highest BCUT2D eigenvalue weighted by molar-refractivity contribution is 5.07. The van der Waals surface area contributed by atoms with Crippen molar-refractivity contribution in [3.8, 4) is 0 Å². The van der Waals surface area contributed by atoms with Crippen LogP contribution < -0.4 is 11.6 Å². The minimum atomic E-state index is -0.182. The fourth-order valence-corrected chi connectivity index (χ4v) is 2.66. The third-order valence-corrected chi connectivity index (χ3v) is 4.32. The van der Waals surface area contributed by atoms with Gasteiger partial charge in [-0.05, 0) is 44.4 Å². The van der Waals surface area contributed by atoms with Gasteiger partial charge in [-0.1, -0.05) is 48.5 Å². The second-order valence-electron chi connectivity index (χ2n) is 9.97. The number of nitrogens with two attached hydrogens (primary N) is 2. The predicted octanol–water partition coefficient (Wildman–Crippen LogP) is 4.66. The van der Waals surface area contributed by atoms with Crippen molar-refractivity contribution in [2.24, 2.45) is 28.3 Å². The normalized spacial score (nSPS) is 14.4. The fourth-order valence-electron chi connectivity index (χ4n) is 2.66. The molecule has 0 aliphatic rings. The summed E-state index contributed by atoms with van der Waals surface area (Å²) in [4.78, 5) is 0. The molecule has 0 aliphatic carbocycles. The molecule has 0 aromatic heterocycles. The van der Waals surface area contributed by atoms with Gasteiger partial charge in [0.05, 0.1) is 5.60 Å². The van der Waals surface area contributed by atoms with Crippen LogP contribution in [0.4, 0.5) is 0 Å². The number of nitrogens with zero attached hydrogens (tertiary/aromatic N) is 1. The lowest BCUT2D eigenvalue weighted by atomic mass is 9.81. The molecule has 24 heavy (non-hydrogen) atoms. The molecule has 0 unspecified atom stereocenters. The Morgan fingerprint density at radius 2 is 1.58 bits per heavy atom. The van der Waals surface area contributed by atoms with Crippen molar-refractivity contribution in [1.29, 1.82) is 0 Å². The van der Waals surface area contributed by atoms with E-state index in [1.54, 1.807) is 5.01 Å². The van der Waals surface area contributed by atoms with Crippen LogP contribution in [0.2, 0.25) is 0 Å². The number of hydrogen-bond donors (Lipinski definition) is 2. The molecule has 0 bridgehead atoms. The molecule has 0 aliphatic heterocycles. The van der Waals surface area contributed by atoms with Crippen molar-refractivity contribution in [2.75, 3.05) is 13.2 Å². The molecule has 0 heterocycles. The number of ether oxygens (including phenoxy) is 1. The van der Waals surface area contributed by atoms with E-state index in [1.165, 1.54) is 0 Å². The van der Waals surface area contributed by atoms with Crippen LogP contribution in [0, 0.1) is 16.7 Å². The summed E-state index contributed by atoms with van der Waals surface area (Å²) in [5, 5.41) is 1.70. The Morgan fingerprint density at radius 3 is 2.04 bits per heavy atom. The molecule has 0 amide bonds. The van der Waals surface area contributed by atoms with E-state index in [1.807, 2.05) is 6.20 Å². The largest absolute Gasteiger partial charge is 0.400 e. The number of hydrogen-bond acceptors (Lipinski definition) is 4. The summed E-state index contributed by atoms with van der Waals surface area (Å²) >= 11 is 0. The molecule has 0 spiro atoms. The molecule has 0 rings (SSSR count). The summed E-state index contributed by atoms with van der Waals surface area (Å²) in [6.45, 7) is 21.2. The second-order valence-corrected chi connectivity index (χ2v) is 9.97. The molecule has 0 atom stereocenters. The summed E-state index contributed by atoms with van der Waals surface area (Å²) < 4.78 is 6.05. The maximum atomic E-state index is 6.28. The zero-order valence-electron chi connectivity index (χ0n) is 17.7. The third-order valence-electron chi connectivity index (χ3n) is 4.32. The molecule has 0 aromatic rings. The fraction of sp³-hybridized carbons (Fsp3) is 0.900. The van der Waals surface area contributed by atoms with Gasteiger partial charge >= 0.3 is 0 Å². The highest BCUT2D eigenvalue weighted by atomic mass is 16.5. The molecule has 4 N–H and O–H groups in total. The van der Waals surface area contributed by atoms with E-state index in [9.17, 15) is 0 Å². The summed E-state index contributed by atoms with van der Waals surface area (Å²) in [6, 6.07) is 0. The van der Waals surface area contributed by atoms with E-state index in [4.69, 9.17) is 16.3 Å². The molecule has 0 aromatic carbocycles. The van der Waals surface area contributed by atoms with Crippen molar-refractivity contribution in [3.05, 3.63) is 11.9 Å². The summed E-state index contributed by atoms with van der Waals surface area (Å²) in [7, 11) is 0. The molecule has 0 saturated heterocycles. The van der Waals surface area contributed by atoms with Gasteiger partial charge in [-0.3, -0.25) is 0 Å². The van der Waals surface area contributed by atoms with Gasteiger partial charge in [0.15, 0.2) is 0 Å². The van der Waals surface area contributed by atoms with Gasteiger partial charge < -0.3 is 15.5 Å². The Kier molecular flexibility index (Phi) is 8.81. The minimum absolute atomic E-state index is 0.0372. The Balaban J connectivity index is 4.45. The number of rotatable bonds is 10. The quantitative estimate of drug-likeness (QED) is 0.448. The van der Waals surface area contributed by atoms with Crippen LogP contribution in [0.15, 0.2) is 11.9 Å². The Labute approximate surface area is 151 Å². The van der Waals surface area contributed by atoms with Gasteiger partial charge in [-0.15, -0.1) is 0 Å². The van der Waals surface area contributed by atoms with Gasteiger partial charge in [0.1, 0.15) is 0 Å². The molecule has 144 valence electrons. The monoisotopic (exact) mass is 341 g/mol. The number of allylic oxidation sites excluding steroid dienone is 1. The lowest BCUT2D eigenvalue weighted by Gasteiger charge is -2.31. The molecule has 0 fully saturated rings. The zero-order valence-corrected chi connectivity index (χ0v) is 17.7. The molecule has 0 radical (unpaired) electrons. The van der Waals surface area contributed by atoms with Crippen LogP contribution in [0.3, 0.4) is 0 Å². The first-order valence-corrected chi connectivity index (χ1v) is 9.28. The van der Waals surface area contributed by atoms with Crippen molar-refractivity contribution >= 4 is 0 Å². The molecular formula is C20H43N3O. The van der Waals surface area contributed by atoms with Crippen LogP contribution in [-0.2, 0) is 4.74 Å². The standard InChI is InChI=1S/C20H43N3O/c1-16(2)14-19(6,7)17(21)15-23(22)12-10-20(8,9)24-13-11-18(3,4)5/h15-16H,10-14,21-22H2,1-9H3/b17-15-. The predicted molar refractivity (Wildman–Crippen MR) is 105 cm³/mol. The van der Waals surface area contributed by atoms with Gasteiger partial charge in [-0.25, -0.2) is 5.84 Å². The van der Waals surface area contributed by atoms with E-state index in [2.05, 4.69) is 62.3 Å². The maximum absolute atomic E-state index is 6.28. The Hall–Kier alpha value is -0.740. The van der Waals surface area contributed by atoms with Crippen LogP contribution in [-0.4, -0.2) is 23.8 Å². The van der Waals surface area contributed by atoms with Crippen molar-refractivity contribution < 1.29 is 4.74 Å². The van der Waals surface area contributed by atoms with Crippen LogP contribution in [0.25, 0.3) is 0 Å². The highest BCUT2D eigenvalue weighted by Crippen LogP contribution is 2.30. The zero-order chi connectivity index (χ0) is 19.2. The SMILES string of the molecule is CC(C)CC(C)(C)/C(N)=C/N(N)CCC(C)(C)OCCC(C)(C)C. The van der Waals surface area contributed by atoms with E-state index < -0.39 is 0 Å². The summed E-state index contributed by atoms with van der Waals surface area (Å²) in [5.41, 5.74) is 7.20. The topological polar surface area (TPSA) is 64.5 Å². The summed E-state index contributed by atoms with van der Waals surface area (Å²) in [6.07, 6.45) is 4.85. The van der Waals surface area contributed by atoms with Gasteiger partial charge in [0.25, 0.3) is 0 Å². The van der Waals surface area contributed by atoms with Gasteiger partial charge in [-0.2, -0.15) is 0 Å². The first-order chi connectivity index (χ1) is 10.6. The average molecular weight is 342 g/mol. The molecular weight excluding hydrogens is 298 g/mol. The van der Waals surface area contributed by atoms with E-state index in [0.717, 1.165) is 38.1 Å². The minimum Gasteiger partial charge on any atom is -0.400 e. The maximum Gasteiger partial charge on any atom is 0.0643 e. The van der Waals surface area contributed by atoms with Crippen molar-refractivity contribution in [1.82, 2.24) is 5.01 Å². The highest BCUT2D eigenvalue weighted by Gasteiger charge is 2.24. The molecule has 0 saturated carbocycles. The average Bonchev–Trinajstić information content (AvgIpc) is 2.33. The lowest BCUT2D eigenvalue weighted by molar-refractivity contribution is -0.0363. The van der Waals surface area contributed by atoms with Gasteiger partial charge in [0.2, 0.25) is 0 Å². The van der Waals surface area contributed by atoms with Crippen LogP contribution in [0.1, 0.15) is 81.6 Å². The van der Waals surface area contributed by atoms with Crippen molar-refractivity contribution in [2.45, 2.75) is 87.2 Å². The number of hydrazine groups is 1. The van der Waals surface area contributed by atoms with E-state index >= 15 is 0 Å². The summed E-state index contributed by atoms with van der Waals surface area (Å²) in [5.74, 6) is 6.73. The lowest BCUT2D eigenvalue weighted by Crippen LogP contribution is -2.36. The first-order valence-electron chi connectivity index (χ1n) is 9.28. The van der Waals surface area contributed by atoms with Crippen LogP contribution in [0.5, 0.6) is 0 Å². The Bertz CT molecular complexity index is 392. The van der Waals surface area contributed by atoms with Crippen LogP contribution >= 0.6 is 0 Å².